The van der Waals surface area contributed by atoms with Gasteiger partial charge in [-0.15, -0.1) is 0 Å². The molecule has 0 spiro atoms. The van der Waals surface area contributed by atoms with Gasteiger partial charge in [0.1, 0.15) is 11.6 Å². The van der Waals surface area contributed by atoms with Crippen LogP contribution in [0.25, 0.3) is 0 Å². The average molecular weight is 259 g/mol. The lowest BCUT2D eigenvalue weighted by Crippen LogP contribution is -2.18. The van der Waals surface area contributed by atoms with Crippen LogP contribution in [-0.2, 0) is 0 Å². The number of hydrogen-bond donors (Lipinski definition) is 1. The predicted octanol–water partition coefficient (Wildman–Crippen LogP) is 3.80. The fourth-order valence-electron chi connectivity index (χ4n) is 1.49. The Bertz CT molecular complexity index is 382. The smallest absolute Gasteiger partial charge is 0.133 e. The molecule has 0 heterocycles. The van der Waals surface area contributed by atoms with Crippen LogP contribution in [-0.4, -0.2) is 11.0 Å². The molecule has 0 aliphatic heterocycles. The zero-order valence-electron chi connectivity index (χ0n) is 10.5. The summed E-state index contributed by atoms with van der Waals surface area (Å²) in [6.45, 7) is 5.78. The Balaban J connectivity index is 2.81. The maximum Gasteiger partial charge on any atom is 0.133 e. The molecule has 0 fully saturated rings. The van der Waals surface area contributed by atoms with Gasteiger partial charge in [-0.2, -0.15) is 11.8 Å². The minimum atomic E-state index is -0.589. The summed E-state index contributed by atoms with van der Waals surface area (Å²) in [4.78, 5) is 0. The number of hydrogen-bond acceptors (Lipinski definition) is 2. The maximum absolute atomic E-state index is 13.8. The number of benzene rings is 1. The molecule has 0 radical (unpaired) electrons. The van der Waals surface area contributed by atoms with Crippen molar-refractivity contribution in [1.82, 2.24) is 0 Å². The number of aryl methyl sites for hydroxylation is 1. The van der Waals surface area contributed by atoms with Gasteiger partial charge in [-0.3, -0.25) is 0 Å². The molecule has 2 N–H and O–H groups in total. The molecule has 1 aromatic carbocycles. The van der Waals surface area contributed by atoms with Crippen LogP contribution in [0, 0.1) is 18.6 Å². The standard InChI is InChI=1S/C13H19F2NS/c1-4-9(3)17-7-11(16)12-10(14)6-5-8(2)13(12)15/h5-6,9,11H,4,7,16H2,1-3H3. The van der Waals surface area contributed by atoms with E-state index in [0.717, 1.165) is 6.42 Å². The minimum absolute atomic E-state index is 0.0146. The van der Waals surface area contributed by atoms with Crippen molar-refractivity contribution in [3.63, 3.8) is 0 Å². The van der Waals surface area contributed by atoms with Gasteiger partial charge >= 0.3 is 0 Å². The summed E-state index contributed by atoms with van der Waals surface area (Å²) in [6, 6.07) is 2.12. The predicted molar refractivity (Wildman–Crippen MR) is 70.2 cm³/mol. The third kappa shape index (κ3) is 3.68. The van der Waals surface area contributed by atoms with Crippen LogP contribution in [0.2, 0.25) is 0 Å². The number of halogens is 2. The van der Waals surface area contributed by atoms with Crippen LogP contribution in [0.1, 0.15) is 37.4 Å². The summed E-state index contributed by atoms with van der Waals surface area (Å²) in [5, 5.41) is 0.456. The van der Waals surface area contributed by atoms with E-state index < -0.39 is 17.7 Å². The lowest BCUT2D eigenvalue weighted by molar-refractivity contribution is 0.533. The summed E-state index contributed by atoms with van der Waals surface area (Å²) in [7, 11) is 0. The molecule has 1 nitrogen and oxygen atoms in total. The first-order valence-corrected chi connectivity index (χ1v) is 6.83. The van der Waals surface area contributed by atoms with Crippen molar-refractivity contribution in [2.24, 2.45) is 5.73 Å². The van der Waals surface area contributed by atoms with Crippen molar-refractivity contribution in [1.29, 1.82) is 0 Å². The van der Waals surface area contributed by atoms with E-state index in [1.54, 1.807) is 18.7 Å². The Kier molecular flexibility index (Phi) is 5.40. The van der Waals surface area contributed by atoms with Crippen molar-refractivity contribution in [2.45, 2.75) is 38.5 Å². The van der Waals surface area contributed by atoms with Crippen molar-refractivity contribution in [3.05, 3.63) is 34.9 Å². The van der Waals surface area contributed by atoms with Gasteiger partial charge in [-0.05, 0) is 25.0 Å². The number of rotatable bonds is 5. The molecule has 0 saturated carbocycles. The van der Waals surface area contributed by atoms with E-state index in [-0.39, 0.29) is 5.56 Å². The molecule has 2 unspecified atom stereocenters. The zero-order valence-corrected chi connectivity index (χ0v) is 11.3. The lowest BCUT2D eigenvalue weighted by Gasteiger charge is -2.16. The molecule has 17 heavy (non-hydrogen) atoms. The Morgan fingerprint density at radius 2 is 2.00 bits per heavy atom. The van der Waals surface area contributed by atoms with E-state index in [1.165, 1.54) is 12.1 Å². The normalized spacial score (nSPS) is 14.7. The third-order valence-corrected chi connectivity index (χ3v) is 4.28. The summed E-state index contributed by atoms with van der Waals surface area (Å²) in [5.74, 6) is -0.528. The van der Waals surface area contributed by atoms with Gasteiger partial charge in [0.05, 0.1) is 0 Å². The lowest BCUT2D eigenvalue weighted by atomic mass is 10.0. The Labute approximate surface area is 106 Å². The minimum Gasteiger partial charge on any atom is -0.323 e. The highest BCUT2D eigenvalue weighted by Gasteiger charge is 2.18. The van der Waals surface area contributed by atoms with E-state index >= 15 is 0 Å². The SMILES string of the molecule is CCC(C)SCC(N)c1c(F)ccc(C)c1F. The summed E-state index contributed by atoms with van der Waals surface area (Å²) >= 11 is 1.64. The topological polar surface area (TPSA) is 26.0 Å². The third-order valence-electron chi connectivity index (χ3n) is 2.83. The molecule has 0 saturated heterocycles. The first-order chi connectivity index (χ1) is 7.97. The Morgan fingerprint density at radius 1 is 1.35 bits per heavy atom. The van der Waals surface area contributed by atoms with Crippen LogP contribution in [0.3, 0.4) is 0 Å². The van der Waals surface area contributed by atoms with Crippen LogP contribution in [0.15, 0.2) is 12.1 Å². The highest BCUT2D eigenvalue weighted by molar-refractivity contribution is 7.99. The molecule has 0 bridgehead atoms. The largest absolute Gasteiger partial charge is 0.323 e. The van der Waals surface area contributed by atoms with Gasteiger partial charge in [0.2, 0.25) is 0 Å². The van der Waals surface area contributed by atoms with E-state index in [9.17, 15) is 8.78 Å². The highest BCUT2D eigenvalue weighted by atomic mass is 32.2. The summed E-state index contributed by atoms with van der Waals surface area (Å²) in [6.07, 6.45) is 1.02. The van der Waals surface area contributed by atoms with E-state index in [0.29, 0.717) is 16.6 Å². The molecule has 0 aliphatic rings. The second-order valence-corrected chi connectivity index (χ2v) is 5.72. The molecule has 1 rings (SSSR count). The molecule has 0 amide bonds. The molecule has 0 aliphatic carbocycles. The van der Waals surface area contributed by atoms with Gasteiger partial charge in [0.15, 0.2) is 0 Å². The molecular weight excluding hydrogens is 240 g/mol. The zero-order chi connectivity index (χ0) is 13.0. The first-order valence-electron chi connectivity index (χ1n) is 5.79. The molecule has 2 atom stereocenters. The highest BCUT2D eigenvalue weighted by Crippen LogP contribution is 2.26. The van der Waals surface area contributed by atoms with Crippen LogP contribution < -0.4 is 5.73 Å². The van der Waals surface area contributed by atoms with Crippen molar-refractivity contribution >= 4 is 11.8 Å². The van der Waals surface area contributed by atoms with Gasteiger partial charge in [-0.25, -0.2) is 8.78 Å². The quantitative estimate of drug-likeness (QED) is 0.870. The maximum atomic E-state index is 13.8. The van der Waals surface area contributed by atoms with Crippen molar-refractivity contribution < 1.29 is 8.78 Å². The molecular formula is C13H19F2NS. The fraction of sp³-hybridized carbons (Fsp3) is 0.538. The van der Waals surface area contributed by atoms with E-state index in [1.807, 2.05) is 0 Å². The Morgan fingerprint density at radius 3 is 2.59 bits per heavy atom. The first kappa shape index (κ1) is 14.5. The molecule has 0 aromatic heterocycles. The van der Waals surface area contributed by atoms with Crippen molar-refractivity contribution in [3.8, 4) is 0 Å². The monoisotopic (exact) mass is 259 g/mol. The van der Waals surface area contributed by atoms with Crippen molar-refractivity contribution in [2.75, 3.05) is 5.75 Å². The van der Waals surface area contributed by atoms with Gasteiger partial charge < -0.3 is 5.73 Å². The second kappa shape index (κ2) is 6.36. The summed E-state index contributed by atoms with van der Waals surface area (Å²) in [5.41, 5.74) is 6.32. The second-order valence-electron chi connectivity index (χ2n) is 4.25. The van der Waals surface area contributed by atoms with Crippen LogP contribution in [0.5, 0.6) is 0 Å². The average Bonchev–Trinajstić information content (AvgIpc) is 2.31. The fourth-order valence-corrected chi connectivity index (χ4v) is 2.43. The van der Waals surface area contributed by atoms with E-state index in [4.69, 9.17) is 5.73 Å². The van der Waals surface area contributed by atoms with Crippen LogP contribution >= 0.6 is 11.8 Å². The Hall–Kier alpha value is -0.610. The number of nitrogens with two attached hydrogens (primary N) is 1. The molecule has 96 valence electrons. The van der Waals surface area contributed by atoms with Gasteiger partial charge in [-0.1, -0.05) is 19.9 Å². The number of thioether (sulfide) groups is 1. The summed E-state index contributed by atoms with van der Waals surface area (Å²) < 4.78 is 27.3. The van der Waals surface area contributed by atoms with Gasteiger partial charge in [0.25, 0.3) is 0 Å². The molecule has 1 aromatic rings. The van der Waals surface area contributed by atoms with Gasteiger partial charge in [0, 0.05) is 22.6 Å². The van der Waals surface area contributed by atoms with Crippen LogP contribution in [0.4, 0.5) is 8.78 Å². The molecule has 4 heteroatoms. The van der Waals surface area contributed by atoms with E-state index in [2.05, 4.69) is 13.8 Å².